The van der Waals surface area contributed by atoms with Crippen LogP contribution in [-0.2, 0) is 4.79 Å². The predicted molar refractivity (Wildman–Crippen MR) is 78.7 cm³/mol. The molecule has 0 aliphatic carbocycles. The summed E-state index contributed by atoms with van der Waals surface area (Å²) in [5.74, 6) is 1.10. The molecule has 0 saturated heterocycles. The third-order valence-electron chi connectivity index (χ3n) is 2.69. The van der Waals surface area contributed by atoms with Gasteiger partial charge in [0, 0.05) is 0 Å². The van der Waals surface area contributed by atoms with E-state index in [9.17, 15) is 4.79 Å². The Morgan fingerprint density at radius 3 is 2.35 bits per heavy atom. The van der Waals surface area contributed by atoms with Crippen molar-refractivity contribution in [3.05, 3.63) is 66.2 Å². The molecule has 0 radical (unpaired) electrons. The van der Waals surface area contributed by atoms with Gasteiger partial charge < -0.3 is 9.47 Å². The third kappa shape index (κ3) is 4.28. The summed E-state index contributed by atoms with van der Waals surface area (Å²) >= 11 is 0. The van der Waals surface area contributed by atoms with Crippen LogP contribution in [0.25, 0.3) is 6.08 Å². The van der Waals surface area contributed by atoms with Crippen molar-refractivity contribution in [1.29, 1.82) is 0 Å². The maximum absolute atomic E-state index is 11.6. The molecule has 0 saturated carbocycles. The predicted octanol–water partition coefficient (Wildman–Crippen LogP) is 3.70. The summed E-state index contributed by atoms with van der Waals surface area (Å²) in [5, 5.41) is 0. The second-order valence-electron chi connectivity index (χ2n) is 4.17. The summed E-state index contributed by atoms with van der Waals surface area (Å²) in [6.07, 6.45) is 3.90. The number of para-hydroxylation sites is 1. The molecule has 20 heavy (non-hydrogen) atoms. The van der Waals surface area contributed by atoms with Crippen LogP contribution in [0.1, 0.15) is 12.0 Å². The van der Waals surface area contributed by atoms with Gasteiger partial charge in [0.15, 0.2) is 0 Å². The molecule has 0 heterocycles. The zero-order valence-corrected chi connectivity index (χ0v) is 11.3. The van der Waals surface area contributed by atoms with Crippen LogP contribution >= 0.6 is 0 Å². The molecule has 0 fully saturated rings. The molecule has 3 nitrogen and oxygen atoms in total. The first kappa shape index (κ1) is 13.9. The normalized spacial score (nSPS) is 10.4. The minimum Gasteiger partial charge on any atom is -0.497 e. The Hall–Kier alpha value is -2.55. The second kappa shape index (κ2) is 7.14. The molecule has 0 aliphatic heterocycles. The van der Waals surface area contributed by atoms with E-state index >= 15 is 0 Å². The molecule has 0 spiro atoms. The van der Waals surface area contributed by atoms with Crippen molar-refractivity contribution in [2.24, 2.45) is 0 Å². The molecule has 0 aliphatic rings. The fourth-order valence-electron chi connectivity index (χ4n) is 1.67. The summed E-state index contributed by atoms with van der Waals surface area (Å²) in [5.41, 5.74) is 1.01. The fraction of sp³-hybridized carbons (Fsp3) is 0.118. The Labute approximate surface area is 118 Å². The lowest BCUT2D eigenvalue weighted by Crippen LogP contribution is -2.05. The SMILES string of the molecule is COc1ccc(/C=C/CC(=O)Oc2ccccc2)cc1. The van der Waals surface area contributed by atoms with Gasteiger partial charge >= 0.3 is 5.97 Å². The molecule has 0 amide bonds. The summed E-state index contributed by atoms with van der Waals surface area (Å²) in [6, 6.07) is 16.7. The maximum Gasteiger partial charge on any atom is 0.315 e. The van der Waals surface area contributed by atoms with Crippen molar-refractivity contribution in [2.75, 3.05) is 7.11 Å². The van der Waals surface area contributed by atoms with Crippen molar-refractivity contribution in [3.63, 3.8) is 0 Å². The summed E-state index contributed by atoms with van der Waals surface area (Å²) in [7, 11) is 1.63. The van der Waals surface area contributed by atoms with E-state index in [0.717, 1.165) is 11.3 Å². The number of carbonyl (C=O) groups excluding carboxylic acids is 1. The van der Waals surface area contributed by atoms with E-state index in [1.807, 2.05) is 48.5 Å². The number of hydrogen-bond acceptors (Lipinski definition) is 3. The highest BCUT2D eigenvalue weighted by Crippen LogP contribution is 2.13. The first-order chi connectivity index (χ1) is 9.78. The van der Waals surface area contributed by atoms with Crippen LogP contribution < -0.4 is 9.47 Å². The topological polar surface area (TPSA) is 35.5 Å². The van der Waals surface area contributed by atoms with Crippen molar-refractivity contribution < 1.29 is 14.3 Å². The lowest BCUT2D eigenvalue weighted by molar-refractivity contribution is -0.133. The molecular weight excluding hydrogens is 252 g/mol. The highest BCUT2D eigenvalue weighted by Gasteiger charge is 2.01. The number of hydrogen-bond donors (Lipinski definition) is 0. The molecule has 102 valence electrons. The minimum absolute atomic E-state index is 0.237. The third-order valence-corrected chi connectivity index (χ3v) is 2.69. The molecule has 0 bridgehead atoms. The number of methoxy groups -OCH3 is 1. The van der Waals surface area contributed by atoms with Gasteiger partial charge in [-0.3, -0.25) is 4.79 Å². The van der Waals surface area contributed by atoms with Crippen molar-refractivity contribution in [3.8, 4) is 11.5 Å². The molecule has 0 atom stereocenters. The Bertz CT molecular complexity index is 571. The highest BCUT2D eigenvalue weighted by molar-refractivity contribution is 5.75. The zero-order valence-electron chi connectivity index (χ0n) is 11.3. The summed E-state index contributed by atoms with van der Waals surface area (Å²) < 4.78 is 10.3. The van der Waals surface area contributed by atoms with Crippen LogP contribution in [0, 0.1) is 0 Å². The van der Waals surface area contributed by atoms with E-state index < -0.39 is 0 Å². The van der Waals surface area contributed by atoms with E-state index in [4.69, 9.17) is 9.47 Å². The average Bonchev–Trinajstić information content (AvgIpc) is 2.49. The van der Waals surface area contributed by atoms with Crippen LogP contribution in [0.3, 0.4) is 0 Å². The molecule has 3 heteroatoms. The van der Waals surface area contributed by atoms with Gasteiger partial charge in [0.1, 0.15) is 11.5 Å². The monoisotopic (exact) mass is 268 g/mol. The van der Waals surface area contributed by atoms with Gasteiger partial charge in [-0.05, 0) is 29.8 Å². The number of rotatable bonds is 5. The molecule has 0 N–H and O–H groups in total. The second-order valence-corrected chi connectivity index (χ2v) is 4.17. The molecule has 2 aromatic carbocycles. The summed E-state index contributed by atoms with van der Waals surface area (Å²) in [4.78, 5) is 11.6. The van der Waals surface area contributed by atoms with Crippen molar-refractivity contribution in [2.45, 2.75) is 6.42 Å². The molecular formula is C17H16O3. The number of carbonyl (C=O) groups is 1. The first-order valence-electron chi connectivity index (χ1n) is 6.34. The van der Waals surface area contributed by atoms with Crippen LogP contribution in [0.4, 0.5) is 0 Å². The van der Waals surface area contributed by atoms with Gasteiger partial charge in [-0.2, -0.15) is 0 Å². The van der Waals surface area contributed by atoms with E-state index in [1.165, 1.54) is 0 Å². The molecule has 0 aromatic heterocycles. The largest absolute Gasteiger partial charge is 0.497 e. The Balaban J connectivity index is 1.84. The average molecular weight is 268 g/mol. The smallest absolute Gasteiger partial charge is 0.315 e. The maximum atomic E-state index is 11.6. The Kier molecular flexibility index (Phi) is 4.95. The standard InChI is InChI=1S/C17H16O3/c1-19-15-12-10-14(11-13-15)6-5-9-17(18)20-16-7-3-2-4-8-16/h2-8,10-13H,9H2,1H3/b6-5+. The molecule has 2 aromatic rings. The number of benzene rings is 2. The lowest BCUT2D eigenvalue weighted by Gasteiger charge is -2.01. The Morgan fingerprint density at radius 2 is 1.70 bits per heavy atom. The van der Waals surface area contributed by atoms with Crippen LogP contribution in [0.2, 0.25) is 0 Å². The van der Waals surface area contributed by atoms with Gasteiger partial charge in [0.25, 0.3) is 0 Å². The van der Waals surface area contributed by atoms with Crippen LogP contribution in [-0.4, -0.2) is 13.1 Å². The van der Waals surface area contributed by atoms with Gasteiger partial charge in [-0.25, -0.2) is 0 Å². The van der Waals surface area contributed by atoms with E-state index in [0.29, 0.717) is 5.75 Å². The van der Waals surface area contributed by atoms with E-state index in [2.05, 4.69) is 0 Å². The highest BCUT2D eigenvalue weighted by atomic mass is 16.5. The zero-order chi connectivity index (χ0) is 14.2. The Morgan fingerprint density at radius 1 is 1.00 bits per heavy atom. The van der Waals surface area contributed by atoms with Crippen molar-refractivity contribution >= 4 is 12.0 Å². The first-order valence-corrected chi connectivity index (χ1v) is 6.34. The van der Waals surface area contributed by atoms with Gasteiger partial charge in [-0.1, -0.05) is 42.5 Å². The number of esters is 1. The fourth-order valence-corrected chi connectivity index (χ4v) is 1.67. The molecule has 2 rings (SSSR count). The quantitative estimate of drug-likeness (QED) is 0.612. The summed E-state index contributed by atoms with van der Waals surface area (Å²) in [6.45, 7) is 0. The van der Waals surface area contributed by atoms with Gasteiger partial charge in [0.2, 0.25) is 0 Å². The van der Waals surface area contributed by atoms with E-state index in [1.54, 1.807) is 25.3 Å². The van der Waals surface area contributed by atoms with Crippen LogP contribution in [0.5, 0.6) is 11.5 Å². The lowest BCUT2D eigenvalue weighted by atomic mass is 10.2. The van der Waals surface area contributed by atoms with Crippen molar-refractivity contribution in [1.82, 2.24) is 0 Å². The van der Waals surface area contributed by atoms with E-state index in [-0.39, 0.29) is 12.4 Å². The van der Waals surface area contributed by atoms with Gasteiger partial charge in [0.05, 0.1) is 13.5 Å². The molecule has 0 unspecified atom stereocenters. The number of ether oxygens (including phenoxy) is 2. The van der Waals surface area contributed by atoms with Crippen LogP contribution in [0.15, 0.2) is 60.7 Å². The van der Waals surface area contributed by atoms with Gasteiger partial charge in [-0.15, -0.1) is 0 Å². The minimum atomic E-state index is -0.277.